The number of ether oxygens (including phenoxy) is 2. The van der Waals surface area contributed by atoms with Gasteiger partial charge >= 0.3 is 6.09 Å². The van der Waals surface area contributed by atoms with Crippen molar-refractivity contribution < 1.29 is 24.2 Å². The highest BCUT2D eigenvalue weighted by molar-refractivity contribution is 7.18. The molecule has 2 fully saturated rings. The number of aromatic nitrogens is 1. The van der Waals surface area contributed by atoms with Gasteiger partial charge in [0.2, 0.25) is 0 Å². The van der Waals surface area contributed by atoms with Crippen molar-refractivity contribution in [1.82, 2.24) is 15.2 Å². The number of carbonyl (C=O) groups excluding carboxylic acids is 2. The summed E-state index contributed by atoms with van der Waals surface area (Å²) in [6.45, 7) is 3.30. The minimum absolute atomic E-state index is 0.176. The van der Waals surface area contributed by atoms with E-state index in [1.165, 1.54) is 20.8 Å². The number of benzene rings is 1. The van der Waals surface area contributed by atoms with Gasteiger partial charge in [-0.05, 0) is 80.6 Å². The molecule has 2 aromatic heterocycles. The maximum absolute atomic E-state index is 13.2. The number of aryl methyl sites for hydroxylation is 1. The summed E-state index contributed by atoms with van der Waals surface area (Å²) in [5.41, 5.74) is 1.83. The summed E-state index contributed by atoms with van der Waals surface area (Å²) < 4.78 is 13.3. The van der Waals surface area contributed by atoms with Crippen LogP contribution in [-0.2, 0) is 4.74 Å². The highest BCUT2D eigenvalue weighted by Crippen LogP contribution is 2.26. The second-order valence-corrected chi connectivity index (χ2v) is 12.0. The molecule has 0 spiro atoms. The van der Waals surface area contributed by atoms with Crippen molar-refractivity contribution in [2.24, 2.45) is 0 Å². The molecule has 2 amide bonds. The maximum atomic E-state index is 13.2. The quantitative estimate of drug-likeness (QED) is 0.302. The van der Waals surface area contributed by atoms with Crippen molar-refractivity contribution in [2.75, 3.05) is 31.1 Å². The zero-order valence-electron chi connectivity index (χ0n) is 22.7. The zero-order valence-corrected chi connectivity index (χ0v) is 24.2. The van der Waals surface area contributed by atoms with E-state index in [4.69, 9.17) is 21.1 Å². The van der Waals surface area contributed by atoms with Crippen LogP contribution in [0.3, 0.4) is 0 Å². The summed E-state index contributed by atoms with van der Waals surface area (Å²) in [6, 6.07) is 12.5. The molecule has 41 heavy (non-hydrogen) atoms. The first-order chi connectivity index (χ1) is 19.8. The molecule has 1 atom stereocenters. The highest BCUT2D eigenvalue weighted by Gasteiger charge is 2.33. The Morgan fingerprint density at radius 1 is 1.17 bits per heavy atom. The number of aliphatic hydroxyl groups excluding tert-OH is 1. The minimum Gasteiger partial charge on any atom is -0.487 e. The number of aliphatic hydroxyl groups is 1. The summed E-state index contributed by atoms with van der Waals surface area (Å²) in [5.74, 6) is -0.0101. The minimum atomic E-state index is -0.502. The molecule has 5 rings (SSSR count). The van der Waals surface area contributed by atoms with Gasteiger partial charge in [0.25, 0.3) is 11.5 Å². The van der Waals surface area contributed by atoms with E-state index in [0.717, 1.165) is 31.2 Å². The number of cyclic esters (lactones) is 1. The van der Waals surface area contributed by atoms with Gasteiger partial charge in [-0.15, -0.1) is 11.3 Å². The number of carbonyl (C=O) groups is 2. The smallest absolute Gasteiger partial charge is 0.414 e. The van der Waals surface area contributed by atoms with Crippen LogP contribution in [0.5, 0.6) is 5.75 Å². The molecule has 3 heterocycles. The van der Waals surface area contributed by atoms with Crippen LogP contribution >= 0.6 is 22.9 Å². The molecule has 1 aromatic carbocycles. The number of hydrogen-bond donors (Lipinski definition) is 3. The van der Waals surface area contributed by atoms with Crippen molar-refractivity contribution in [3.05, 3.63) is 73.8 Å². The summed E-state index contributed by atoms with van der Waals surface area (Å²) >= 11 is 7.08. The Bertz CT molecular complexity index is 1450. The Morgan fingerprint density at radius 2 is 1.98 bits per heavy atom. The number of hydrogen-bond acceptors (Lipinski definition) is 8. The number of rotatable bonds is 10. The second kappa shape index (κ2) is 13.1. The Kier molecular flexibility index (Phi) is 9.29. The topological polar surface area (TPSA) is 122 Å². The predicted molar refractivity (Wildman–Crippen MR) is 158 cm³/mol. The van der Waals surface area contributed by atoms with E-state index in [2.05, 4.69) is 10.6 Å². The van der Waals surface area contributed by atoms with Gasteiger partial charge in [-0.1, -0.05) is 11.6 Å². The SMILES string of the molecule is Cc1cc(N2C[C@H](CNC(=O)c3ccc(Cl)s3)OC2=O)ccc1-n1cccc(OCCNC2CCC(O)CC2)c1=O. The van der Waals surface area contributed by atoms with Gasteiger partial charge in [0.05, 0.1) is 34.1 Å². The molecule has 12 heteroatoms. The lowest BCUT2D eigenvalue weighted by molar-refractivity contribution is 0.0920. The van der Waals surface area contributed by atoms with Crippen LogP contribution in [0, 0.1) is 6.92 Å². The summed E-state index contributed by atoms with van der Waals surface area (Å²) in [4.78, 5) is 40.1. The van der Waals surface area contributed by atoms with Gasteiger partial charge in [-0.25, -0.2) is 4.79 Å². The number of amides is 2. The molecule has 0 unspecified atom stereocenters. The van der Waals surface area contributed by atoms with Crippen LogP contribution < -0.4 is 25.8 Å². The van der Waals surface area contributed by atoms with Crippen LogP contribution in [0.15, 0.2) is 53.5 Å². The molecule has 10 nitrogen and oxygen atoms in total. The van der Waals surface area contributed by atoms with Crippen molar-refractivity contribution >= 4 is 40.6 Å². The number of anilines is 1. The van der Waals surface area contributed by atoms with E-state index in [0.29, 0.717) is 39.8 Å². The number of nitrogens with zero attached hydrogens (tertiary/aromatic N) is 2. The molecule has 218 valence electrons. The average molecular weight is 601 g/mol. The molecule has 2 aliphatic rings. The molecule has 1 saturated heterocycles. The fourth-order valence-corrected chi connectivity index (χ4v) is 6.08. The maximum Gasteiger partial charge on any atom is 0.414 e. The first-order valence-corrected chi connectivity index (χ1v) is 14.9. The van der Waals surface area contributed by atoms with E-state index in [9.17, 15) is 19.5 Å². The van der Waals surface area contributed by atoms with Crippen molar-refractivity contribution in [1.29, 1.82) is 0 Å². The van der Waals surface area contributed by atoms with Crippen LogP contribution in [-0.4, -0.2) is 66.2 Å². The zero-order chi connectivity index (χ0) is 28.9. The van der Waals surface area contributed by atoms with Gasteiger partial charge in [0.1, 0.15) is 12.7 Å². The Hall–Kier alpha value is -3.38. The van der Waals surface area contributed by atoms with Crippen molar-refractivity contribution in [3.63, 3.8) is 0 Å². The molecule has 1 aliphatic carbocycles. The molecular formula is C29H33ClN4O6S. The summed E-state index contributed by atoms with van der Waals surface area (Å²) in [6.07, 6.45) is 3.99. The molecular weight excluding hydrogens is 568 g/mol. The van der Waals surface area contributed by atoms with Crippen molar-refractivity contribution in [2.45, 2.75) is 50.9 Å². The van der Waals surface area contributed by atoms with E-state index >= 15 is 0 Å². The summed E-state index contributed by atoms with van der Waals surface area (Å²) in [7, 11) is 0. The van der Waals surface area contributed by atoms with Crippen LogP contribution in [0.25, 0.3) is 5.69 Å². The molecule has 3 aromatic rings. The number of thiophene rings is 1. The molecule has 1 saturated carbocycles. The largest absolute Gasteiger partial charge is 0.487 e. The van der Waals surface area contributed by atoms with Crippen LogP contribution in [0.1, 0.15) is 40.9 Å². The third-order valence-corrected chi connectivity index (χ3v) is 8.54. The molecule has 0 bridgehead atoms. The number of halogens is 1. The summed E-state index contributed by atoms with van der Waals surface area (Å²) in [5, 5.41) is 15.9. The molecule has 0 radical (unpaired) electrons. The number of nitrogens with one attached hydrogen (secondary N) is 2. The van der Waals surface area contributed by atoms with Crippen molar-refractivity contribution in [3.8, 4) is 11.4 Å². The fraction of sp³-hybridized carbons (Fsp3) is 0.414. The second-order valence-electron chi connectivity index (χ2n) is 10.3. The fourth-order valence-electron chi connectivity index (χ4n) is 5.12. The lowest BCUT2D eigenvalue weighted by Crippen LogP contribution is -2.37. The third-order valence-electron chi connectivity index (χ3n) is 7.31. The first kappa shape index (κ1) is 29.1. The van der Waals surface area contributed by atoms with Gasteiger partial charge in [-0.2, -0.15) is 0 Å². The van der Waals surface area contributed by atoms with E-state index in [-0.39, 0.29) is 36.4 Å². The first-order valence-electron chi connectivity index (χ1n) is 13.7. The lowest BCUT2D eigenvalue weighted by atomic mass is 9.93. The van der Waals surface area contributed by atoms with Crippen LogP contribution in [0.2, 0.25) is 4.34 Å². The Labute approximate surface area is 246 Å². The number of pyridine rings is 1. The van der Waals surface area contributed by atoms with E-state index < -0.39 is 12.2 Å². The normalized spacial score (nSPS) is 20.6. The molecule has 1 aliphatic heterocycles. The van der Waals surface area contributed by atoms with Gasteiger partial charge in [0.15, 0.2) is 5.75 Å². The Morgan fingerprint density at radius 3 is 2.71 bits per heavy atom. The molecule has 3 N–H and O–H groups in total. The lowest BCUT2D eigenvalue weighted by Gasteiger charge is -2.26. The van der Waals surface area contributed by atoms with Gasteiger partial charge in [-0.3, -0.25) is 19.1 Å². The highest BCUT2D eigenvalue weighted by atomic mass is 35.5. The monoisotopic (exact) mass is 600 g/mol. The van der Waals surface area contributed by atoms with E-state index in [1.807, 2.05) is 13.0 Å². The van der Waals surface area contributed by atoms with Gasteiger partial charge in [0, 0.05) is 24.5 Å². The van der Waals surface area contributed by atoms with Crippen LogP contribution in [0.4, 0.5) is 10.5 Å². The predicted octanol–water partition coefficient (Wildman–Crippen LogP) is 3.89. The standard InChI is InChI=1S/C29H33ClN4O6S/c1-18-15-20(34-17-22(40-29(34)38)16-32-27(36)25-10-11-26(30)41-25)6-9-23(18)33-13-2-3-24(28(33)37)39-14-12-31-19-4-7-21(35)8-5-19/h2-3,6,9-11,13,15,19,21-22,31,35H,4-5,7-8,12,14,16-17H2,1H3,(H,32,36)/t19?,21?,22-/m0/s1. The van der Waals surface area contributed by atoms with Gasteiger partial charge < -0.3 is 25.2 Å². The Balaban J connectivity index is 1.18. The average Bonchev–Trinajstić information content (AvgIpc) is 3.57. The van der Waals surface area contributed by atoms with E-state index in [1.54, 1.807) is 42.6 Å². The third kappa shape index (κ3) is 7.10.